The fraction of sp³-hybridized carbons (Fsp3) is 0.667. The van der Waals surface area contributed by atoms with Crippen LogP contribution in [0.5, 0.6) is 11.5 Å². The van der Waals surface area contributed by atoms with Crippen molar-refractivity contribution < 1.29 is 19.0 Å². The van der Waals surface area contributed by atoms with Gasteiger partial charge in [-0.3, -0.25) is 4.79 Å². The molecule has 1 amide bonds. The van der Waals surface area contributed by atoms with Crippen LogP contribution in [0.25, 0.3) is 0 Å². The van der Waals surface area contributed by atoms with E-state index >= 15 is 0 Å². The molecule has 4 rings (SSSR count). The molecule has 0 bridgehead atoms. The van der Waals surface area contributed by atoms with Gasteiger partial charge in [0.1, 0.15) is 0 Å². The van der Waals surface area contributed by atoms with Crippen molar-refractivity contribution >= 4 is 17.5 Å². The first-order valence-electron chi connectivity index (χ1n) is 10.2. The van der Waals surface area contributed by atoms with Crippen molar-refractivity contribution in [2.45, 2.75) is 70.2 Å². The molecule has 0 aromatic heterocycles. The standard InChI is InChI=1S/C21H29ClN2O4/c1-21(2)11-16(6-8-28-21)24-15(3-4-20(24)25)5-7-23-12-14-9-18-19(10-17(14)22)27-13-26-18/h9-10,15-16,23H,3-8,11-13H2,1-2H3/t15-,16-/m1/s1. The third-order valence-electron chi connectivity index (χ3n) is 5.95. The minimum Gasteiger partial charge on any atom is -0.454 e. The number of carbonyl (C=O) groups is 1. The molecule has 0 saturated carbocycles. The number of rotatable bonds is 6. The van der Waals surface area contributed by atoms with Gasteiger partial charge in [0, 0.05) is 42.7 Å². The van der Waals surface area contributed by atoms with E-state index in [1.807, 2.05) is 12.1 Å². The molecule has 7 heteroatoms. The zero-order chi connectivity index (χ0) is 19.7. The molecule has 0 spiro atoms. The number of nitrogens with one attached hydrogen (secondary N) is 1. The molecule has 2 fully saturated rings. The molecule has 1 aromatic rings. The number of benzene rings is 1. The van der Waals surface area contributed by atoms with E-state index in [-0.39, 0.29) is 12.4 Å². The SMILES string of the molecule is CC1(C)C[C@H](N2C(=O)CC[C@@H]2CCNCc2cc3c(cc2Cl)OCO3)CCO1. The number of hydrogen-bond acceptors (Lipinski definition) is 5. The van der Waals surface area contributed by atoms with E-state index in [4.69, 9.17) is 25.8 Å². The number of hydrogen-bond donors (Lipinski definition) is 1. The summed E-state index contributed by atoms with van der Waals surface area (Å²) in [5.74, 6) is 1.75. The molecule has 6 nitrogen and oxygen atoms in total. The van der Waals surface area contributed by atoms with Crippen LogP contribution in [0.1, 0.15) is 51.5 Å². The average Bonchev–Trinajstić information content (AvgIpc) is 3.23. The zero-order valence-electron chi connectivity index (χ0n) is 16.6. The minimum atomic E-state index is -0.148. The van der Waals surface area contributed by atoms with Crippen LogP contribution in [0.2, 0.25) is 5.02 Å². The van der Waals surface area contributed by atoms with Gasteiger partial charge in [-0.2, -0.15) is 0 Å². The van der Waals surface area contributed by atoms with Gasteiger partial charge in [0.2, 0.25) is 12.7 Å². The van der Waals surface area contributed by atoms with E-state index < -0.39 is 0 Å². The van der Waals surface area contributed by atoms with Crippen molar-refractivity contribution in [3.05, 3.63) is 22.7 Å². The third kappa shape index (κ3) is 4.24. The second-order valence-corrected chi connectivity index (χ2v) is 8.92. The normalized spacial score (nSPS) is 26.1. The number of carbonyl (C=O) groups excluding carboxylic acids is 1. The Kier molecular flexibility index (Phi) is 5.72. The highest BCUT2D eigenvalue weighted by Crippen LogP contribution is 2.37. The maximum Gasteiger partial charge on any atom is 0.231 e. The van der Waals surface area contributed by atoms with E-state index in [1.54, 1.807) is 0 Å². The van der Waals surface area contributed by atoms with Crippen LogP contribution in [0.15, 0.2) is 12.1 Å². The summed E-state index contributed by atoms with van der Waals surface area (Å²) in [6.07, 6.45) is 4.41. The van der Waals surface area contributed by atoms with Gasteiger partial charge in [0.15, 0.2) is 11.5 Å². The number of fused-ring (bicyclic) bond motifs is 1. The quantitative estimate of drug-likeness (QED) is 0.730. The molecule has 0 aliphatic carbocycles. The average molecular weight is 409 g/mol. The molecule has 2 saturated heterocycles. The van der Waals surface area contributed by atoms with Crippen LogP contribution in [-0.4, -0.2) is 48.4 Å². The molecular weight excluding hydrogens is 380 g/mol. The van der Waals surface area contributed by atoms with Crippen LogP contribution in [-0.2, 0) is 16.1 Å². The van der Waals surface area contributed by atoms with Crippen molar-refractivity contribution in [3.8, 4) is 11.5 Å². The Balaban J connectivity index is 1.30. The lowest BCUT2D eigenvalue weighted by Crippen LogP contribution is -2.49. The van der Waals surface area contributed by atoms with E-state index in [2.05, 4.69) is 24.1 Å². The maximum absolute atomic E-state index is 12.5. The number of ether oxygens (including phenoxy) is 3. The molecule has 3 aliphatic heterocycles. The predicted molar refractivity (Wildman–Crippen MR) is 107 cm³/mol. The molecule has 3 heterocycles. The molecule has 0 radical (unpaired) electrons. The van der Waals surface area contributed by atoms with Gasteiger partial charge in [-0.15, -0.1) is 0 Å². The summed E-state index contributed by atoms with van der Waals surface area (Å²) in [5.41, 5.74) is 0.849. The molecule has 28 heavy (non-hydrogen) atoms. The monoisotopic (exact) mass is 408 g/mol. The Bertz CT molecular complexity index is 739. The summed E-state index contributed by atoms with van der Waals surface area (Å²) < 4.78 is 16.6. The van der Waals surface area contributed by atoms with E-state index in [9.17, 15) is 4.79 Å². The Morgan fingerprint density at radius 2 is 2.04 bits per heavy atom. The minimum absolute atomic E-state index is 0.148. The van der Waals surface area contributed by atoms with E-state index in [0.717, 1.165) is 50.1 Å². The summed E-state index contributed by atoms with van der Waals surface area (Å²) in [4.78, 5) is 14.7. The first-order chi connectivity index (χ1) is 13.4. The highest BCUT2D eigenvalue weighted by Gasteiger charge is 2.40. The van der Waals surface area contributed by atoms with Crippen LogP contribution < -0.4 is 14.8 Å². The second kappa shape index (κ2) is 8.09. The molecule has 1 N–H and O–H groups in total. The van der Waals surface area contributed by atoms with Gasteiger partial charge in [-0.05, 0) is 57.7 Å². The van der Waals surface area contributed by atoms with Gasteiger partial charge in [-0.25, -0.2) is 0 Å². The van der Waals surface area contributed by atoms with Crippen LogP contribution >= 0.6 is 11.6 Å². The van der Waals surface area contributed by atoms with Crippen molar-refractivity contribution in [3.63, 3.8) is 0 Å². The Labute approximate surface area is 171 Å². The molecule has 0 unspecified atom stereocenters. The van der Waals surface area contributed by atoms with Crippen LogP contribution in [0.3, 0.4) is 0 Å². The van der Waals surface area contributed by atoms with Crippen molar-refractivity contribution in [2.24, 2.45) is 0 Å². The summed E-state index contributed by atoms with van der Waals surface area (Å²) in [6.45, 7) is 6.72. The predicted octanol–water partition coefficient (Wildman–Crippen LogP) is 3.50. The first kappa shape index (κ1) is 19.8. The lowest BCUT2D eigenvalue weighted by atomic mass is 9.92. The van der Waals surface area contributed by atoms with Gasteiger partial charge >= 0.3 is 0 Å². The lowest BCUT2D eigenvalue weighted by Gasteiger charge is -2.42. The molecule has 1 aromatic carbocycles. The van der Waals surface area contributed by atoms with Gasteiger partial charge in [0.05, 0.1) is 5.60 Å². The van der Waals surface area contributed by atoms with Crippen LogP contribution in [0.4, 0.5) is 0 Å². The second-order valence-electron chi connectivity index (χ2n) is 8.51. The van der Waals surface area contributed by atoms with Gasteiger partial charge in [-0.1, -0.05) is 11.6 Å². The number of nitrogens with zero attached hydrogens (tertiary/aromatic N) is 1. The van der Waals surface area contributed by atoms with Crippen molar-refractivity contribution in [2.75, 3.05) is 19.9 Å². The summed E-state index contributed by atoms with van der Waals surface area (Å²) in [7, 11) is 0. The molecule has 154 valence electrons. The van der Waals surface area contributed by atoms with Gasteiger partial charge < -0.3 is 24.4 Å². The molecule has 3 aliphatic rings. The van der Waals surface area contributed by atoms with Crippen LogP contribution in [0, 0.1) is 0 Å². The molecule has 2 atom stereocenters. The highest BCUT2D eigenvalue weighted by molar-refractivity contribution is 6.31. The Morgan fingerprint density at radius 1 is 1.25 bits per heavy atom. The molecular formula is C21H29ClN2O4. The largest absolute Gasteiger partial charge is 0.454 e. The zero-order valence-corrected chi connectivity index (χ0v) is 17.4. The number of halogens is 1. The fourth-order valence-corrected chi connectivity index (χ4v) is 4.79. The summed E-state index contributed by atoms with van der Waals surface area (Å²) >= 11 is 6.34. The summed E-state index contributed by atoms with van der Waals surface area (Å²) in [5, 5.41) is 4.15. The Hall–Kier alpha value is -1.50. The van der Waals surface area contributed by atoms with Crippen molar-refractivity contribution in [1.29, 1.82) is 0 Å². The maximum atomic E-state index is 12.5. The van der Waals surface area contributed by atoms with E-state index in [1.165, 1.54) is 0 Å². The Morgan fingerprint density at radius 3 is 2.82 bits per heavy atom. The smallest absolute Gasteiger partial charge is 0.231 e. The number of likely N-dealkylation sites (tertiary alicyclic amines) is 1. The number of amides is 1. The highest BCUT2D eigenvalue weighted by atomic mass is 35.5. The topological polar surface area (TPSA) is 60.0 Å². The van der Waals surface area contributed by atoms with E-state index in [0.29, 0.717) is 41.7 Å². The fourth-order valence-electron chi connectivity index (χ4n) is 4.57. The van der Waals surface area contributed by atoms with Crippen molar-refractivity contribution in [1.82, 2.24) is 10.2 Å². The van der Waals surface area contributed by atoms with Gasteiger partial charge in [0.25, 0.3) is 0 Å². The third-order valence-corrected chi connectivity index (χ3v) is 6.30. The summed E-state index contributed by atoms with van der Waals surface area (Å²) in [6, 6.07) is 4.36. The first-order valence-corrected chi connectivity index (χ1v) is 10.5. The lowest BCUT2D eigenvalue weighted by molar-refractivity contribution is -0.138.